The molecular weight excluding hydrogens is 312 g/mol. The number of rotatable bonds is 6. The normalized spacial score (nSPS) is 13.4. The monoisotopic (exact) mass is 330 g/mol. The molecule has 0 saturated heterocycles. The van der Waals surface area contributed by atoms with E-state index in [2.05, 4.69) is 4.98 Å². The molecule has 1 aliphatic rings. The minimum atomic E-state index is -0.567. The van der Waals surface area contributed by atoms with Crippen LogP contribution >= 0.6 is 0 Å². The highest BCUT2D eigenvalue weighted by molar-refractivity contribution is 6.01. The SMILES string of the molecule is CC(C)Oc1cc2c(OCC3=COCO3)ccnc2cc1C(N)=O. The molecule has 7 nitrogen and oxygen atoms in total. The van der Waals surface area contributed by atoms with Crippen LogP contribution in [0.2, 0.25) is 0 Å². The molecule has 3 rings (SSSR count). The largest absolute Gasteiger partial charge is 0.490 e. The highest BCUT2D eigenvalue weighted by Crippen LogP contribution is 2.31. The minimum absolute atomic E-state index is 0.101. The van der Waals surface area contributed by atoms with Gasteiger partial charge in [0, 0.05) is 11.6 Å². The fraction of sp³-hybridized carbons (Fsp3) is 0.294. The lowest BCUT2D eigenvalue weighted by Gasteiger charge is -2.15. The second-order valence-corrected chi connectivity index (χ2v) is 5.51. The van der Waals surface area contributed by atoms with Crippen molar-refractivity contribution in [3.05, 3.63) is 42.0 Å². The van der Waals surface area contributed by atoms with Crippen molar-refractivity contribution in [2.45, 2.75) is 20.0 Å². The van der Waals surface area contributed by atoms with Crippen LogP contribution in [0.1, 0.15) is 24.2 Å². The molecule has 0 bridgehead atoms. The third-order valence-corrected chi connectivity index (χ3v) is 3.33. The van der Waals surface area contributed by atoms with Crippen LogP contribution in [0.3, 0.4) is 0 Å². The Balaban J connectivity index is 1.98. The van der Waals surface area contributed by atoms with E-state index in [0.717, 1.165) is 5.39 Å². The highest BCUT2D eigenvalue weighted by atomic mass is 16.7. The van der Waals surface area contributed by atoms with E-state index in [1.807, 2.05) is 13.8 Å². The van der Waals surface area contributed by atoms with E-state index in [-0.39, 0.29) is 25.1 Å². The Morgan fingerprint density at radius 2 is 2.21 bits per heavy atom. The van der Waals surface area contributed by atoms with Crippen molar-refractivity contribution in [2.75, 3.05) is 13.4 Å². The van der Waals surface area contributed by atoms with Crippen molar-refractivity contribution >= 4 is 16.8 Å². The van der Waals surface area contributed by atoms with E-state index in [9.17, 15) is 4.79 Å². The Bertz CT molecular complexity index is 801. The molecule has 1 aliphatic heterocycles. The molecule has 0 unspecified atom stereocenters. The topological polar surface area (TPSA) is 92.9 Å². The van der Waals surface area contributed by atoms with Crippen LogP contribution in [0.5, 0.6) is 11.5 Å². The van der Waals surface area contributed by atoms with E-state index < -0.39 is 5.91 Å². The number of amides is 1. The summed E-state index contributed by atoms with van der Waals surface area (Å²) < 4.78 is 21.7. The summed E-state index contributed by atoms with van der Waals surface area (Å²) in [6.07, 6.45) is 3.02. The van der Waals surface area contributed by atoms with Gasteiger partial charge in [-0.1, -0.05) is 0 Å². The maximum absolute atomic E-state index is 11.7. The second-order valence-electron chi connectivity index (χ2n) is 5.51. The van der Waals surface area contributed by atoms with Gasteiger partial charge in [-0.25, -0.2) is 0 Å². The van der Waals surface area contributed by atoms with E-state index in [0.29, 0.717) is 22.8 Å². The number of benzene rings is 1. The average Bonchev–Trinajstić information content (AvgIpc) is 3.05. The Hall–Kier alpha value is -2.96. The Morgan fingerprint density at radius 3 is 2.88 bits per heavy atom. The van der Waals surface area contributed by atoms with Crippen molar-refractivity contribution in [3.8, 4) is 11.5 Å². The summed E-state index contributed by atoms with van der Waals surface area (Å²) in [6, 6.07) is 5.07. The molecule has 0 aliphatic carbocycles. The quantitative estimate of drug-likeness (QED) is 0.874. The minimum Gasteiger partial charge on any atom is -0.490 e. The molecule has 1 aromatic carbocycles. The number of aromatic nitrogens is 1. The van der Waals surface area contributed by atoms with Gasteiger partial charge in [-0.2, -0.15) is 0 Å². The number of ether oxygens (including phenoxy) is 4. The van der Waals surface area contributed by atoms with E-state index in [1.165, 1.54) is 6.26 Å². The standard InChI is InChI=1S/C17H18N2O5/c1-10(2)24-16-6-12-14(5-13(16)17(18)20)19-4-3-15(12)22-8-11-7-21-9-23-11/h3-7,10H,8-9H2,1-2H3,(H2,18,20). The summed E-state index contributed by atoms with van der Waals surface area (Å²) in [5.41, 5.74) is 6.33. The zero-order chi connectivity index (χ0) is 17.1. The predicted molar refractivity (Wildman–Crippen MR) is 86.6 cm³/mol. The molecule has 2 heterocycles. The van der Waals surface area contributed by atoms with Crippen molar-refractivity contribution in [1.82, 2.24) is 4.98 Å². The first kappa shape index (κ1) is 15.9. The summed E-state index contributed by atoms with van der Waals surface area (Å²) >= 11 is 0. The molecule has 0 atom stereocenters. The van der Waals surface area contributed by atoms with E-state index in [1.54, 1.807) is 24.4 Å². The zero-order valence-corrected chi connectivity index (χ0v) is 13.4. The van der Waals surface area contributed by atoms with Gasteiger partial charge in [0.2, 0.25) is 6.79 Å². The van der Waals surface area contributed by atoms with Gasteiger partial charge in [0.1, 0.15) is 24.4 Å². The number of pyridine rings is 1. The zero-order valence-electron chi connectivity index (χ0n) is 13.4. The molecule has 2 N–H and O–H groups in total. The molecule has 1 aromatic heterocycles. The molecule has 0 fully saturated rings. The van der Waals surface area contributed by atoms with Crippen LogP contribution in [0.25, 0.3) is 10.9 Å². The number of carbonyl (C=O) groups is 1. The number of fused-ring (bicyclic) bond motifs is 1. The fourth-order valence-electron chi connectivity index (χ4n) is 2.31. The Morgan fingerprint density at radius 1 is 1.38 bits per heavy atom. The van der Waals surface area contributed by atoms with Crippen molar-refractivity contribution < 1.29 is 23.7 Å². The number of carbonyl (C=O) groups excluding carboxylic acids is 1. The summed E-state index contributed by atoms with van der Waals surface area (Å²) in [6.45, 7) is 4.18. The highest BCUT2D eigenvalue weighted by Gasteiger charge is 2.16. The van der Waals surface area contributed by atoms with Gasteiger partial charge in [0.05, 0.1) is 17.2 Å². The number of hydrogen-bond acceptors (Lipinski definition) is 6. The van der Waals surface area contributed by atoms with Crippen molar-refractivity contribution in [3.63, 3.8) is 0 Å². The van der Waals surface area contributed by atoms with Crippen molar-refractivity contribution in [1.29, 1.82) is 0 Å². The van der Waals surface area contributed by atoms with Gasteiger partial charge in [-0.15, -0.1) is 0 Å². The lowest BCUT2D eigenvalue weighted by Crippen LogP contribution is -2.15. The molecule has 0 radical (unpaired) electrons. The molecule has 2 aromatic rings. The molecule has 0 saturated carbocycles. The summed E-state index contributed by atoms with van der Waals surface area (Å²) in [5, 5.41) is 0.720. The number of primary amides is 1. The summed E-state index contributed by atoms with van der Waals surface area (Å²) in [4.78, 5) is 15.9. The van der Waals surface area contributed by atoms with Gasteiger partial charge in [-0.05, 0) is 32.0 Å². The first-order valence-electron chi connectivity index (χ1n) is 7.50. The van der Waals surface area contributed by atoms with Crippen LogP contribution in [0, 0.1) is 0 Å². The lowest BCUT2D eigenvalue weighted by atomic mass is 10.1. The van der Waals surface area contributed by atoms with Crippen LogP contribution in [-0.2, 0) is 9.47 Å². The first-order chi connectivity index (χ1) is 11.5. The maximum Gasteiger partial charge on any atom is 0.252 e. The number of nitrogens with two attached hydrogens (primary N) is 1. The third-order valence-electron chi connectivity index (χ3n) is 3.33. The van der Waals surface area contributed by atoms with Gasteiger partial charge in [0.25, 0.3) is 5.91 Å². The van der Waals surface area contributed by atoms with Gasteiger partial charge < -0.3 is 24.7 Å². The lowest BCUT2D eigenvalue weighted by molar-refractivity contribution is 0.0714. The molecule has 7 heteroatoms. The summed E-state index contributed by atoms with van der Waals surface area (Å²) in [5.74, 6) is 1.04. The number of nitrogens with zero attached hydrogens (tertiary/aromatic N) is 1. The van der Waals surface area contributed by atoms with Crippen LogP contribution in [0.15, 0.2) is 36.4 Å². The van der Waals surface area contributed by atoms with Crippen LogP contribution in [0.4, 0.5) is 0 Å². The maximum atomic E-state index is 11.7. The Kier molecular flexibility index (Phi) is 4.41. The molecule has 126 valence electrons. The summed E-state index contributed by atoms with van der Waals surface area (Å²) in [7, 11) is 0. The molecule has 24 heavy (non-hydrogen) atoms. The first-order valence-corrected chi connectivity index (χ1v) is 7.50. The van der Waals surface area contributed by atoms with Gasteiger partial charge in [-0.3, -0.25) is 9.78 Å². The van der Waals surface area contributed by atoms with E-state index in [4.69, 9.17) is 24.7 Å². The van der Waals surface area contributed by atoms with Gasteiger partial charge in [0.15, 0.2) is 5.76 Å². The smallest absolute Gasteiger partial charge is 0.252 e. The van der Waals surface area contributed by atoms with E-state index >= 15 is 0 Å². The fourth-order valence-corrected chi connectivity index (χ4v) is 2.31. The molecule has 1 amide bonds. The third kappa shape index (κ3) is 3.34. The molecular formula is C17H18N2O5. The van der Waals surface area contributed by atoms with Crippen LogP contribution in [-0.4, -0.2) is 30.4 Å². The van der Waals surface area contributed by atoms with Crippen LogP contribution < -0.4 is 15.2 Å². The van der Waals surface area contributed by atoms with Crippen molar-refractivity contribution in [2.24, 2.45) is 5.73 Å². The number of hydrogen-bond donors (Lipinski definition) is 1. The second kappa shape index (κ2) is 6.66. The Labute approximate surface area is 139 Å². The predicted octanol–water partition coefficient (Wildman–Crippen LogP) is 2.35. The van der Waals surface area contributed by atoms with Gasteiger partial charge >= 0.3 is 0 Å². The molecule has 0 spiro atoms. The average molecular weight is 330 g/mol.